The Balaban J connectivity index is 3.00. The van der Waals surface area contributed by atoms with Gasteiger partial charge >= 0.3 is 6.33 Å². The molecule has 0 aliphatic carbocycles. The molecule has 6 heavy (non-hydrogen) atoms. The molecule has 0 spiro atoms. The molecule has 1 aromatic heterocycles. The highest BCUT2D eigenvalue weighted by Gasteiger charge is 1.70. The first-order valence-corrected chi connectivity index (χ1v) is 1.63. The summed E-state index contributed by atoms with van der Waals surface area (Å²) < 4.78 is 0. The zero-order valence-corrected chi connectivity index (χ0v) is 3.13. The van der Waals surface area contributed by atoms with Crippen molar-refractivity contribution < 1.29 is 4.98 Å². The van der Waals surface area contributed by atoms with Gasteiger partial charge in [-0.3, -0.25) is 0 Å². The second kappa shape index (κ2) is 1.45. The van der Waals surface area contributed by atoms with Gasteiger partial charge in [-0.1, -0.05) is 0 Å². The number of nitrogens with zero attached hydrogens (tertiary/aromatic N) is 2. The molecule has 0 aliphatic rings. The summed E-state index contributed by atoms with van der Waals surface area (Å²) in [5, 5.41) is 6.98. The third kappa shape index (κ3) is 0.484. The van der Waals surface area contributed by atoms with Crippen LogP contribution >= 0.6 is 0 Å². The normalized spacial score (nSPS) is 8.00. The van der Waals surface area contributed by atoms with Crippen LogP contribution < -0.4 is 4.98 Å². The average Bonchev–Trinajstić information content (AvgIpc) is 1.72. The minimum atomic E-state index is 1.51. The van der Waals surface area contributed by atoms with Gasteiger partial charge in [0.15, 0.2) is 0 Å². The molecule has 0 aromatic carbocycles. The van der Waals surface area contributed by atoms with Gasteiger partial charge in [0.2, 0.25) is 0 Å². The van der Waals surface area contributed by atoms with Crippen molar-refractivity contribution in [2.75, 3.05) is 0 Å². The van der Waals surface area contributed by atoms with Crippen molar-refractivity contribution in [3.63, 3.8) is 0 Å². The second-order valence-corrected chi connectivity index (χ2v) is 0.842. The van der Waals surface area contributed by atoms with E-state index >= 15 is 0 Å². The van der Waals surface area contributed by atoms with Gasteiger partial charge in [-0.25, -0.2) is 4.98 Å². The predicted octanol–water partition coefficient (Wildman–Crippen LogP) is -0.709. The Morgan fingerprint density at radius 2 is 2.33 bits per heavy atom. The lowest BCUT2D eigenvalue weighted by molar-refractivity contribution is -0.384. The van der Waals surface area contributed by atoms with E-state index in [1.807, 2.05) is 0 Å². The van der Waals surface area contributed by atoms with Gasteiger partial charge in [0, 0.05) is 0 Å². The van der Waals surface area contributed by atoms with Crippen LogP contribution in [0.3, 0.4) is 0 Å². The molecule has 0 saturated heterocycles. The SMILES string of the molecule is c1c[nH+]cnn1. The number of hydrogen-bond donors (Lipinski definition) is 0. The lowest BCUT2D eigenvalue weighted by atomic mass is 10.9. The number of hydrogen-bond acceptors (Lipinski definition) is 2. The molecule has 0 atom stereocenters. The van der Waals surface area contributed by atoms with Gasteiger partial charge in [-0.2, -0.15) is 0 Å². The van der Waals surface area contributed by atoms with Gasteiger partial charge in [0.25, 0.3) is 0 Å². The molecule has 30 valence electrons. The van der Waals surface area contributed by atoms with Crippen LogP contribution in [0, 0.1) is 0 Å². The Labute approximate surface area is 35.1 Å². The molecular formula is C3H4N3+. The fraction of sp³-hybridized carbons (Fsp3) is 0. The molecule has 3 nitrogen and oxygen atoms in total. The largest absolute Gasteiger partial charge is 0.312 e. The van der Waals surface area contributed by atoms with E-state index in [-0.39, 0.29) is 0 Å². The average molecular weight is 82.1 g/mol. The van der Waals surface area contributed by atoms with Crippen molar-refractivity contribution in [3.8, 4) is 0 Å². The molecule has 0 saturated carbocycles. The number of H-pyrrole nitrogens is 1. The van der Waals surface area contributed by atoms with Crippen LogP contribution in [0.5, 0.6) is 0 Å². The molecular weight excluding hydrogens is 78.1 g/mol. The van der Waals surface area contributed by atoms with Crippen molar-refractivity contribution in [1.82, 2.24) is 10.2 Å². The topological polar surface area (TPSA) is 39.9 Å². The summed E-state index contributed by atoms with van der Waals surface area (Å²) in [6, 6.07) is 0. The first kappa shape index (κ1) is 3.21. The van der Waals surface area contributed by atoms with E-state index in [1.165, 1.54) is 6.33 Å². The van der Waals surface area contributed by atoms with Gasteiger partial charge < -0.3 is 0 Å². The molecule has 1 rings (SSSR count). The third-order valence-electron chi connectivity index (χ3n) is 0.436. The molecule has 0 unspecified atom stereocenters. The van der Waals surface area contributed by atoms with Crippen molar-refractivity contribution in [1.29, 1.82) is 0 Å². The van der Waals surface area contributed by atoms with Crippen molar-refractivity contribution >= 4 is 0 Å². The summed E-state index contributed by atoms with van der Waals surface area (Å²) in [5.74, 6) is 0. The molecule has 3 heteroatoms. The van der Waals surface area contributed by atoms with Crippen LogP contribution in [-0.4, -0.2) is 10.2 Å². The molecule has 0 fully saturated rings. The molecule has 1 N–H and O–H groups in total. The van der Waals surface area contributed by atoms with Crippen LogP contribution in [0.25, 0.3) is 0 Å². The van der Waals surface area contributed by atoms with Crippen LogP contribution in [0.1, 0.15) is 0 Å². The highest BCUT2D eigenvalue weighted by molar-refractivity contribution is 4.47. The number of aromatic amines is 1. The van der Waals surface area contributed by atoms with E-state index in [2.05, 4.69) is 15.2 Å². The van der Waals surface area contributed by atoms with Crippen LogP contribution in [0.15, 0.2) is 18.7 Å². The van der Waals surface area contributed by atoms with Crippen molar-refractivity contribution in [3.05, 3.63) is 18.7 Å². The summed E-state index contributed by atoms with van der Waals surface area (Å²) in [6.07, 6.45) is 4.80. The smallest absolute Gasteiger partial charge is 0.247 e. The van der Waals surface area contributed by atoms with E-state index in [4.69, 9.17) is 0 Å². The minimum absolute atomic E-state index is 1.51. The minimum Gasteiger partial charge on any atom is -0.247 e. The lowest BCUT2D eigenvalue weighted by Crippen LogP contribution is -1.99. The zero-order chi connectivity index (χ0) is 4.24. The van der Waals surface area contributed by atoms with E-state index in [9.17, 15) is 0 Å². The van der Waals surface area contributed by atoms with Crippen LogP contribution in [0.2, 0.25) is 0 Å². The van der Waals surface area contributed by atoms with E-state index in [1.54, 1.807) is 12.4 Å². The van der Waals surface area contributed by atoms with Gasteiger partial charge in [0.1, 0.15) is 12.4 Å². The maximum atomic E-state index is 3.50. The van der Waals surface area contributed by atoms with Gasteiger partial charge in [-0.15, -0.1) is 0 Å². The monoisotopic (exact) mass is 82.0 g/mol. The molecule has 1 heterocycles. The second-order valence-electron chi connectivity index (χ2n) is 0.842. The fourth-order valence-electron chi connectivity index (χ4n) is 0.225. The number of rotatable bonds is 0. The molecule has 0 amide bonds. The van der Waals surface area contributed by atoms with Crippen molar-refractivity contribution in [2.24, 2.45) is 0 Å². The van der Waals surface area contributed by atoms with Gasteiger partial charge in [-0.05, 0) is 5.10 Å². The quantitative estimate of drug-likeness (QED) is 0.415. The summed E-state index contributed by atoms with van der Waals surface area (Å²) in [4.78, 5) is 2.72. The molecule has 0 aliphatic heterocycles. The van der Waals surface area contributed by atoms with E-state index in [0.717, 1.165) is 0 Å². The summed E-state index contributed by atoms with van der Waals surface area (Å²) in [5.41, 5.74) is 0. The molecule has 0 radical (unpaired) electrons. The number of aromatic nitrogens is 3. The molecule has 0 bridgehead atoms. The Morgan fingerprint density at radius 1 is 1.33 bits per heavy atom. The zero-order valence-electron chi connectivity index (χ0n) is 3.13. The standard InChI is InChI=1S/C3H3N3/c1-2-5-6-3-4-1/h1-3H/p+1. The first-order valence-electron chi connectivity index (χ1n) is 1.63. The van der Waals surface area contributed by atoms with Crippen LogP contribution in [-0.2, 0) is 0 Å². The Kier molecular flexibility index (Phi) is 0.774. The Hall–Kier alpha value is -0.990. The summed E-state index contributed by atoms with van der Waals surface area (Å²) in [7, 11) is 0. The molecule has 1 aromatic rings. The highest BCUT2D eigenvalue weighted by Crippen LogP contribution is 1.50. The summed E-state index contributed by atoms with van der Waals surface area (Å²) >= 11 is 0. The summed E-state index contributed by atoms with van der Waals surface area (Å²) in [6.45, 7) is 0. The van der Waals surface area contributed by atoms with E-state index in [0.29, 0.717) is 0 Å². The Bertz CT molecular complexity index is 78.0. The number of nitrogens with one attached hydrogen (secondary N) is 1. The lowest BCUT2D eigenvalue weighted by Gasteiger charge is -1.59. The van der Waals surface area contributed by atoms with Crippen molar-refractivity contribution in [2.45, 2.75) is 0 Å². The Morgan fingerprint density at radius 3 is 2.50 bits per heavy atom. The highest BCUT2D eigenvalue weighted by atomic mass is 15.1. The maximum absolute atomic E-state index is 3.50. The van der Waals surface area contributed by atoms with Gasteiger partial charge in [0.05, 0.1) is 5.10 Å². The van der Waals surface area contributed by atoms with Crippen LogP contribution in [0.4, 0.5) is 0 Å². The maximum Gasteiger partial charge on any atom is 0.312 e. The van der Waals surface area contributed by atoms with E-state index < -0.39 is 0 Å². The predicted molar refractivity (Wildman–Crippen MR) is 18.6 cm³/mol. The first-order chi connectivity index (χ1) is 3.00. The third-order valence-corrected chi connectivity index (χ3v) is 0.436. The fourth-order valence-corrected chi connectivity index (χ4v) is 0.225.